The lowest BCUT2D eigenvalue weighted by Gasteiger charge is -2.21. The first kappa shape index (κ1) is 13.3. The van der Waals surface area contributed by atoms with Crippen molar-refractivity contribution < 1.29 is 8.42 Å². The summed E-state index contributed by atoms with van der Waals surface area (Å²) in [7, 11) is -3.30. The summed E-state index contributed by atoms with van der Waals surface area (Å²) in [5.74, 6) is 0.529. The van der Waals surface area contributed by atoms with Crippen molar-refractivity contribution in [2.24, 2.45) is 11.7 Å². The second kappa shape index (κ2) is 5.65. The Morgan fingerprint density at radius 3 is 2.29 bits per heavy atom. The van der Waals surface area contributed by atoms with E-state index < -0.39 is 10.2 Å². The van der Waals surface area contributed by atoms with Gasteiger partial charge in [-0.25, -0.2) is 4.72 Å². The van der Waals surface area contributed by atoms with Gasteiger partial charge in [-0.05, 0) is 31.6 Å². The third-order valence-electron chi connectivity index (χ3n) is 3.63. The van der Waals surface area contributed by atoms with Gasteiger partial charge in [-0.2, -0.15) is 12.7 Å². The third-order valence-corrected chi connectivity index (χ3v) is 5.21. The molecule has 2 rings (SSSR count). The highest BCUT2D eigenvalue weighted by atomic mass is 32.2. The molecule has 17 heavy (non-hydrogen) atoms. The van der Waals surface area contributed by atoms with Gasteiger partial charge in [0.1, 0.15) is 0 Å². The topological polar surface area (TPSA) is 75.4 Å². The molecule has 0 aromatic rings. The SMILES string of the molecule is NC(CNS(=O)(=O)N1CCCCCC1)C1CC1. The first-order chi connectivity index (χ1) is 8.09. The average Bonchev–Trinajstić information content (AvgIpc) is 3.11. The fourth-order valence-corrected chi connectivity index (χ4v) is 3.59. The van der Waals surface area contributed by atoms with Crippen molar-refractivity contribution in [3.8, 4) is 0 Å². The van der Waals surface area contributed by atoms with Gasteiger partial charge in [0.05, 0.1) is 0 Å². The van der Waals surface area contributed by atoms with Crippen LogP contribution in [-0.2, 0) is 10.2 Å². The summed E-state index contributed by atoms with van der Waals surface area (Å²) in [6.45, 7) is 1.67. The average molecular weight is 261 g/mol. The first-order valence-electron chi connectivity index (χ1n) is 6.60. The molecule has 0 spiro atoms. The summed E-state index contributed by atoms with van der Waals surface area (Å²) in [4.78, 5) is 0. The minimum absolute atomic E-state index is 0.0169. The molecule has 1 aliphatic heterocycles. The van der Waals surface area contributed by atoms with E-state index in [0.717, 1.165) is 38.5 Å². The van der Waals surface area contributed by atoms with Crippen molar-refractivity contribution in [1.82, 2.24) is 9.03 Å². The van der Waals surface area contributed by atoms with E-state index in [1.54, 1.807) is 4.31 Å². The van der Waals surface area contributed by atoms with E-state index in [2.05, 4.69) is 4.72 Å². The Morgan fingerprint density at radius 2 is 1.76 bits per heavy atom. The van der Waals surface area contributed by atoms with Crippen LogP contribution in [0.3, 0.4) is 0 Å². The normalized spacial score (nSPS) is 25.5. The van der Waals surface area contributed by atoms with E-state index in [1.807, 2.05) is 0 Å². The number of nitrogens with two attached hydrogens (primary N) is 1. The molecule has 3 N–H and O–H groups in total. The Kier molecular flexibility index (Phi) is 4.41. The predicted octanol–water partition coefficient (Wildman–Crippen LogP) is 0.434. The smallest absolute Gasteiger partial charge is 0.279 e. The molecule has 1 atom stereocenters. The van der Waals surface area contributed by atoms with Gasteiger partial charge in [0, 0.05) is 25.7 Å². The van der Waals surface area contributed by atoms with Gasteiger partial charge in [-0.3, -0.25) is 0 Å². The number of rotatable bonds is 5. The Bertz CT molecular complexity index is 333. The van der Waals surface area contributed by atoms with Crippen molar-refractivity contribution in [3.05, 3.63) is 0 Å². The van der Waals surface area contributed by atoms with Crippen LogP contribution in [0.2, 0.25) is 0 Å². The fourth-order valence-electron chi connectivity index (χ4n) is 2.27. The molecule has 2 aliphatic rings. The van der Waals surface area contributed by atoms with Crippen molar-refractivity contribution in [2.75, 3.05) is 19.6 Å². The Morgan fingerprint density at radius 1 is 1.18 bits per heavy atom. The zero-order chi connectivity index (χ0) is 12.3. The maximum absolute atomic E-state index is 12.0. The van der Waals surface area contributed by atoms with Crippen LogP contribution in [0.4, 0.5) is 0 Å². The predicted molar refractivity (Wildman–Crippen MR) is 67.7 cm³/mol. The van der Waals surface area contributed by atoms with Crippen LogP contribution in [0.1, 0.15) is 38.5 Å². The Labute approximate surface area is 104 Å². The molecule has 0 aromatic heterocycles. The van der Waals surface area contributed by atoms with Crippen molar-refractivity contribution >= 4 is 10.2 Å². The quantitative estimate of drug-likeness (QED) is 0.754. The highest BCUT2D eigenvalue weighted by molar-refractivity contribution is 7.87. The van der Waals surface area contributed by atoms with Crippen molar-refractivity contribution in [2.45, 2.75) is 44.6 Å². The summed E-state index contributed by atoms with van der Waals surface area (Å²) in [6.07, 6.45) is 6.49. The molecule has 0 aromatic carbocycles. The number of nitrogens with one attached hydrogen (secondary N) is 1. The summed E-state index contributed by atoms with van der Waals surface area (Å²) in [6, 6.07) is -0.0169. The summed E-state index contributed by atoms with van der Waals surface area (Å²) in [5.41, 5.74) is 5.90. The maximum atomic E-state index is 12.0. The fraction of sp³-hybridized carbons (Fsp3) is 1.00. The summed E-state index contributed by atoms with van der Waals surface area (Å²) < 4.78 is 28.3. The highest BCUT2D eigenvalue weighted by Gasteiger charge is 2.30. The molecule has 1 heterocycles. The zero-order valence-corrected chi connectivity index (χ0v) is 11.1. The molecule has 0 radical (unpaired) electrons. The first-order valence-corrected chi connectivity index (χ1v) is 8.04. The van der Waals surface area contributed by atoms with Gasteiger partial charge in [0.2, 0.25) is 0 Å². The Hall–Kier alpha value is -0.170. The van der Waals surface area contributed by atoms with E-state index in [0.29, 0.717) is 25.6 Å². The van der Waals surface area contributed by atoms with E-state index in [4.69, 9.17) is 5.73 Å². The molecule has 1 saturated carbocycles. The third kappa shape index (κ3) is 3.91. The van der Waals surface area contributed by atoms with Gasteiger partial charge in [0.15, 0.2) is 0 Å². The Balaban J connectivity index is 1.83. The van der Waals surface area contributed by atoms with E-state index >= 15 is 0 Å². The van der Waals surface area contributed by atoms with Crippen molar-refractivity contribution in [1.29, 1.82) is 0 Å². The lowest BCUT2D eigenvalue weighted by molar-refractivity contribution is 0.411. The lowest BCUT2D eigenvalue weighted by Crippen LogP contribution is -2.46. The largest absolute Gasteiger partial charge is 0.326 e. The molecule has 5 nitrogen and oxygen atoms in total. The molecular weight excluding hydrogens is 238 g/mol. The number of hydrogen-bond acceptors (Lipinski definition) is 3. The van der Waals surface area contributed by atoms with Gasteiger partial charge in [-0.15, -0.1) is 0 Å². The lowest BCUT2D eigenvalue weighted by atomic mass is 10.2. The van der Waals surface area contributed by atoms with Gasteiger partial charge >= 0.3 is 0 Å². The molecule has 2 fully saturated rings. The molecule has 0 bridgehead atoms. The standard InChI is InChI=1S/C11H23N3O2S/c12-11(10-5-6-10)9-13-17(15,16)14-7-3-1-2-4-8-14/h10-11,13H,1-9,12H2. The van der Waals surface area contributed by atoms with Crippen LogP contribution >= 0.6 is 0 Å². The van der Waals surface area contributed by atoms with Crippen LogP contribution in [0.5, 0.6) is 0 Å². The highest BCUT2D eigenvalue weighted by Crippen LogP contribution is 2.31. The monoisotopic (exact) mass is 261 g/mol. The maximum Gasteiger partial charge on any atom is 0.279 e. The van der Waals surface area contributed by atoms with Crippen LogP contribution in [0, 0.1) is 5.92 Å². The molecule has 1 saturated heterocycles. The van der Waals surface area contributed by atoms with E-state index in [9.17, 15) is 8.42 Å². The van der Waals surface area contributed by atoms with E-state index in [-0.39, 0.29) is 6.04 Å². The van der Waals surface area contributed by atoms with Crippen LogP contribution in [0.25, 0.3) is 0 Å². The molecule has 1 aliphatic carbocycles. The van der Waals surface area contributed by atoms with Crippen LogP contribution in [-0.4, -0.2) is 38.4 Å². The minimum Gasteiger partial charge on any atom is -0.326 e. The van der Waals surface area contributed by atoms with Crippen LogP contribution < -0.4 is 10.5 Å². The summed E-state index contributed by atoms with van der Waals surface area (Å²) in [5, 5.41) is 0. The molecule has 6 heteroatoms. The van der Waals surface area contributed by atoms with Gasteiger partial charge < -0.3 is 5.73 Å². The van der Waals surface area contributed by atoms with Gasteiger partial charge in [-0.1, -0.05) is 12.8 Å². The molecular formula is C11H23N3O2S. The van der Waals surface area contributed by atoms with Crippen molar-refractivity contribution in [3.63, 3.8) is 0 Å². The van der Waals surface area contributed by atoms with Gasteiger partial charge in [0.25, 0.3) is 10.2 Å². The zero-order valence-electron chi connectivity index (χ0n) is 10.3. The summed E-state index contributed by atoms with van der Waals surface area (Å²) >= 11 is 0. The van der Waals surface area contributed by atoms with E-state index in [1.165, 1.54) is 0 Å². The molecule has 1 unspecified atom stereocenters. The van der Waals surface area contributed by atoms with Crippen LogP contribution in [0.15, 0.2) is 0 Å². The number of nitrogens with zero attached hydrogens (tertiary/aromatic N) is 1. The second-order valence-corrected chi connectivity index (χ2v) is 6.92. The number of hydrogen-bond donors (Lipinski definition) is 2. The second-order valence-electron chi connectivity index (χ2n) is 5.17. The minimum atomic E-state index is -3.30. The molecule has 100 valence electrons. The molecule has 0 amide bonds.